The number of carbonyl (C=O) groups is 1. The molecule has 5 nitrogen and oxygen atoms in total. The fourth-order valence-electron chi connectivity index (χ4n) is 3.57. The molecule has 0 unspecified atom stereocenters. The van der Waals surface area contributed by atoms with Crippen LogP contribution in [0.25, 0.3) is 0 Å². The van der Waals surface area contributed by atoms with E-state index in [9.17, 15) is 4.79 Å². The summed E-state index contributed by atoms with van der Waals surface area (Å²) in [6.07, 6.45) is 3.64. The lowest BCUT2D eigenvalue weighted by Gasteiger charge is -2.22. The lowest BCUT2D eigenvalue weighted by atomic mass is 10.1. The van der Waals surface area contributed by atoms with Crippen molar-refractivity contribution in [2.24, 2.45) is 0 Å². The molecule has 0 bridgehead atoms. The molecule has 1 fully saturated rings. The first kappa shape index (κ1) is 21.4. The second-order valence-corrected chi connectivity index (χ2v) is 8.13. The average Bonchev–Trinajstić information content (AvgIpc) is 2.98. The number of anilines is 1. The number of nitriles is 1. The highest BCUT2D eigenvalue weighted by Gasteiger charge is 2.16. The van der Waals surface area contributed by atoms with Crippen LogP contribution >= 0.6 is 11.8 Å². The zero-order valence-corrected chi connectivity index (χ0v) is 17.8. The van der Waals surface area contributed by atoms with Crippen molar-refractivity contribution in [2.75, 3.05) is 44.3 Å². The van der Waals surface area contributed by atoms with Gasteiger partial charge in [-0.15, -0.1) is 11.8 Å². The first-order valence-electron chi connectivity index (χ1n) is 10.0. The molecule has 6 heteroatoms. The third-order valence-corrected chi connectivity index (χ3v) is 6.00. The minimum absolute atomic E-state index is 0.0742. The van der Waals surface area contributed by atoms with Crippen molar-refractivity contribution in [3.05, 3.63) is 59.7 Å². The Labute approximate surface area is 177 Å². The molecule has 1 aliphatic rings. The molecule has 1 heterocycles. The predicted molar refractivity (Wildman–Crippen MR) is 119 cm³/mol. The number of para-hydroxylation sites is 1. The Morgan fingerprint density at radius 2 is 1.79 bits per heavy atom. The maximum Gasteiger partial charge on any atom is 0.225 e. The molecule has 1 N–H and O–H groups in total. The Hall–Kier alpha value is -2.33. The molecule has 0 aromatic heterocycles. The van der Waals surface area contributed by atoms with Gasteiger partial charge in [-0.2, -0.15) is 5.26 Å². The molecule has 0 atom stereocenters. The van der Waals surface area contributed by atoms with E-state index in [0.29, 0.717) is 12.0 Å². The molecule has 29 heavy (non-hydrogen) atoms. The quantitative estimate of drug-likeness (QED) is 0.706. The largest absolute Gasteiger partial charge is 0.325 e. The van der Waals surface area contributed by atoms with Crippen molar-refractivity contribution < 1.29 is 4.79 Å². The van der Waals surface area contributed by atoms with Crippen molar-refractivity contribution in [1.29, 1.82) is 5.26 Å². The monoisotopic (exact) mass is 408 g/mol. The normalized spacial score (nSPS) is 15.4. The van der Waals surface area contributed by atoms with Crippen LogP contribution < -0.4 is 5.32 Å². The number of rotatable bonds is 7. The van der Waals surface area contributed by atoms with Crippen LogP contribution in [0.1, 0.15) is 24.0 Å². The topological polar surface area (TPSA) is 59.4 Å². The van der Waals surface area contributed by atoms with Gasteiger partial charge in [-0.25, -0.2) is 0 Å². The van der Waals surface area contributed by atoms with Gasteiger partial charge >= 0.3 is 0 Å². The summed E-state index contributed by atoms with van der Waals surface area (Å²) in [5.74, 6) is 0.0742. The molecule has 2 aromatic rings. The molecule has 1 aliphatic heterocycles. The van der Waals surface area contributed by atoms with E-state index in [2.05, 4.69) is 21.2 Å². The van der Waals surface area contributed by atoms with Crippen LogP contribution in [0.2, 0.25) is 0 Å². The SMILES string of the molecule is CSc1ccccc1NC(=O)CCN1CCCN(Cc2ccc(C#N)cc2)CC1. The first-order valence-corrected chi connectivity index (χ1v) is 11.3. The molecule has 0 aliphatic carbocycles. The van der Waals surface area contributed by atoms with E-state index >= 15 is 0 Å². The van der Waals surface area contributed by atoms with Gasteiger partial charge in [0.15, 0.2) is 0 Å². The van der Waals surface area contributed by atoms with Gasteiger partial charge in [-0.3, -0.25) is 9.69 Å². The standard InChI is InChI=1S/C23H28N4OS/c1-29-22-6-3-2-5-21(22)25-23(28)11-14-26-12-4-13-27(16-15-26)18-20-9-7-19(17-24)8-10-20/h2-3,5-10H,4,11-16,18H2,1H3,(H,25,28). The van der Waals surface area contributed by atoms with Crippen LogP contribution in [0.5, 0.6) is 0 Å². The van der Waals surface area contributed by atoms with Crippen LogP contribution in [-0.4, -0.2) is 54.7 Å². The number of amides is 1. The van der Waals surface area contributed by atoms with Crippen LogP contribution in [-0.2, 0) is 11.3 Å². The lowest BCUT2D eigenvalue weighted by molar-refractivity contribution is -0.116. The zero-order valence-electron chi connectivity index (χ0n) is 16.9. The lowest BCUT2D eigenvalue weighted by Crippen LogP contribution is -2.32. The minimum atomic E-state index is 0.0742. The summed E-state index contributed by atoms with van der Waals surface area (Å²) >= 11 is 1.64. The van der Waals surface area contributed by atoms with Gasteiger partial charge in [0.2, 0.25) is 5.91 Å². The van der Waals surface area contributed by atoms with E-state index in [1.54, 1.807) is 11.8 Å². The number of hydrogen-bond acceptors (Lipinski definition) is 5. The highest BCUT2D eigenvalue weighted by molar-refractivity contribution is 7.98. The Bertz CT molecular complexity index is 847. The molecule has 0 radical (unpaired) electrons. The summed E-state index contributed by atoms with van der Waals surface area (Å²) in [6, 6.07) is 17.9. The smallest absolute Gasteiger partial charge is 0.225 e. The molecule has 1 amide bonds. The molecular weight excluding hydrogens is 380 g/mol. The summed E-state index contributed by atoms with van der Waals surface area (Å²) in [7, 11) is 0. The number of carbonyl (C=O) groups excluding carboxylic acids is 1. The number of thioether (sulfide) groups is 1. The van der Waals surface area contributed by atoms with Crippen molar-refractivity contribution in [3.63, 3.8) is 0 Å². The molecular formula is C23H28N4OS. The van der Waals surface area contributed by atoms with E-state index in [-0.39, 0.29) is 5.91 Å². The third-order valence-electron chi connectivity index (χ3n) is 5.21. The van der Waals surface area contributed by atoms with E-state index in [4.69, 9.17) is 5.26 Å². The van der Waals surface area contributed by atoms with Gasteiger partial charge in [0.1, 0.15) is 0 Å². The van der Waals surface area contributed by atoms with Gasteiger partial charge in [0.25, 0.3) is 0 Å². The first-order chi connectivity index (χ1) is 14.2. The molecule has 3 rings (SSSR count). The van der Waals surface area contributed by atoms with Gasteiger partial charge < -0.3 is 10.2 Å². The maximum absolute atomic E-state index is 12.4. The number of nitrogens with zero attached hydrogens (tertiary/aromatic N) is 3. The Morgan fingerprint density at radius 1 is 1.07 bits per heavy atom. The van der Waals surface area contributed by atoms with Crippen LogP contribution in [0.3, 0.4) is 0 Å². The summed E-state index contributed by atoms with van der Waals surface area (Å²) in [5.41, 5.74) is 2.84. The molecule has 0 saturated carbocycles. The van der Waals surface area contributed by atoms with Crippen molar-refractivity contribution >= 4 is 23.4 Å². The van der Waals surface area contributed by atoms with Crippen molar-refractivity contribution in [1.82, 2.24) is 9.80 Å². The second kappa shape index (κ2) is 11.0. The van der Waals surface area contributed by atoms with Crippen molar-refractivity contribution in [2.45, 2.75) is 24.3 Å². The highest BCUT2D eigenvalue weighted by atomic mass is 32.2. The predicted octanol–water partition coefficient (Wildman–Crippen LogP) is 3.82. The summed E-state index contributed by atoms with van der Waals surface area (Å²) in [6.45, 7) is 5.76. The van der Waals surface area contributed by atoms with E-state index < -0.39 is 0 Å². The van der Waals surface area contributed by atoms with E-state index in [0.717, 1.165) is 56.3 Å². The van der Waals surface area contributed by atoms with Gasteiger partial charge in [-0.1, -0.05) is 24.3 Å². The van der Waals surface area contributed by atoms with Crippen LogP contribution in [0, 0.1) is 11.3 Å². The molecule has 152 valence electrons. The Morgan fingerprint density at radius 3 is 2.55 bits per heavy atom. The summed E-state index contributed by atoms with van der Waals surface area (Å²) in [4.78, 5) is 18.3. The Balaban J connectivity index is 1.43. The fourth-order valence-corrected chi connectivity index (χ4v) is 4.12. The molecule has 2 aromatic carbocycles. The summed E-state index contributed by atoms with van der Waals surface area (Å²) < 4.78 is 0. The van der Waals surface area contributed by atoms with Gasteiger partial charge in [0.05, 0.1) is 17.3 Å². The number of hydrogen-bond donors (Lipinski definition) is 1. The van der Waals surface area contributed by atoms with E-state index in [1.165, 1.54) is 5.56 Å². The molecule has 1 saturated heterocycles. The fraction of sp³-hybridized carbons (Fsp3) is 0.391. The average molecular weight is 409 g/mol. The Kier molecular flexibility index (Phi) is 8.12. The second-order valence-electron chi connectivity index (χ2n) is 7.28. The minimum Gasteiger partial charge on any atom is -0.325 e. The van der Waals surface area contributed by atoms with Gasteiger partial charge in [-0.05, 0) is 55.6 Å². The zero-order chi connectivity index (χ0) is 20.5. The van der Waals surface area contributed by atoms with Crippen LogP contribution in [0.4, 0.5) is 5.69 Å². The molecule has 0 spiro atoms. The number of nitrogens with one attached hydrogen (secondary N) is 1. The maximum atomic E-state index is 12.4. The van der Waals surface area contributed by atoms with Gasteiger partial charge in [0, 0.05) is 37.5 Å². The number of benzene rings is 2. The summed E-state index contributed by atoms with van der Waals surface area (Å²) in [5, 5.41) is 12.0. The van der Waals surface area contributed by atoms with E-state index in [1.807, 2.05) is 54.8 Å². The third kappa shape index (κ3) is 6.60. The van der Waals surface area contributed by atoms with Crippen LogP contribution in [0.15, 0.2) is 53.4 Å². The van der Waals surface area contributed by atoms with Crippen molar-refractivity contribution in [3.8, 4) is 6.07 Å². The highest BCUT2D eigenvalue weighted by Crippen LogP contribution is 2.24.